The van der Waals surface area contributed by atoms with Gasteiger partial charge in [-0.05, 0) is 18.2 Å². The summed E-state index contributed by atoms with van der Waals surface area (Å²) in [6.45, 7) is 6.39. The summed E-state index contributed by atoms with van der Waals surface area (Å²) in [6, 6.07) is 7.16. The minimum atomic E-state index is -0.408. The summed E-state index contributed by atoms with van der Waals surface area (Å²) in [5.41, 5.74) is 0.186. The Kier molecular flexibility index (Phi) is 5.54. The van der Waals surface area contributed by atoms with Crippen LogP contribution in [0.3, 0.4) is 0 Å². The average molecular weight is 327 g/mol. The lowest BCUT2D eigenvalue weighted by atomic mass is 9.96. The van der Waals surface area contributed by atoms with Crippen molar-refractivity contribution in [3.8, 4) is 0 Å². The number of carbonyl (C=O) groups is 2. The number of carbonyl (C=O) groups excluding carboxylic acids is 2. The fourth-order valence-electron chi connectivity index (χ4n) is 1.35. The first-order valence-electron chi connectivity index (χ1n) is 6.13. The van der Waals surface area contributed by atoms with E-state index in [-0.39, 0.29) is 11.8 Å². The van der Waals surface area contributed by atoms with Crippen LogP contribution < -0.4 is 10.6 Å². The van der Waals surface area contributed by atoms with Gasteiger partial charge >= 0.3 is 0 Å². The zero-order valence-corrected chi connectivity index (χ0v) is 13.0. The summed E-state index contributed by atoms with van der Waals surface area (Å²) in [7, 11) is 0. The van der Waals surface area contributed by atoms with Crippen molar-refractivity contribution in [1.82, 2.24) is 10.6 Å². The average Bonchev–Trinajstić information content (AvgIpc) is 2.32. The summed E-state index contributed by atoms with van der Waals surface area (Å²) >= 11 is 3.32. The monoisotopic (exact) mass is 326 g/mol. The van der Waals surface area contributed by atoms with E-state index in [0.717, 1.165) is 4.47 Å². The molecule has 0 atom stereocenters. The van der Waals surface area contributed by atoms with Crippen molar-refractivity contribution in [2.24, 2.45) is 5.41 Å². The molecule has 0 radical (unpaired) electrons. The van der Waals surface area contributed by atoms with E-state index in [1.54, 1.807) is 18.2 Å². The van der Waals surface area contributed by atoms with Crippen molar-refractivity contribution in [3.63, 3.8) is 0 Å². The lowest BCUT2D eigenvalue weighted by Gasteiger charge is -2.17. The van der Waals surface area contributed by atoms with E-state index in [0.29, 0.717) is 18.7 Å². The highest BCUT2D eigenvalue weighted by Gasteiger charge is 2.20. The molecule has 0 bridgehead atoms. The Morgan fingerprint density at radius 2 is 1.79 bits per heavy atom. The van der Waals surface area contributed by atoms with E-state index >= 15 is 0 Å². The lowest BCUT2D eigenvalue weighted by molar-refractivity contribution is -0.128. The van der Waals surface area contributed by atoms with Crippen LogP contribution in [-0.4, -0.2) is 24.9 Å². The summed E-state index contributed by atoms with van der Waals surface area (Å²) in [4.78, 5) is 23.4. The highest BCUT2D eigenvalue weighted by Crippen LogP contribution is 2.12. The van der Waals surface area contributed by atoms with E-state index in [1.807, 2.05) is 26.8 Å². The van der Waals surface area contributed by atoms with E-state index in [1.165, 1.54) is 0 Å². The summed E-state index contributed by atoms with van der Waals surface area (Å²) in [5, 5.41) is 5.54. The second-order valence-electron chi connectivity index (χ2n) is 5.27. The third-order valence-electron chi connectivity index (χ3n) is 2.46. The number of hydrogen-bond acceptors (Lipinski definition) is 2. The number of nitrogens with one attached hydrogen (secondary N) is 2. The van der Waals surface area contributed by atoms with E-state index in [4.69, 9.17) is 0 Å². The third kappa shape index (κ3) is 5.42. The van der Waals surface area contributed by atoms with Crippen LogP contribution in [-0.2, 0) is 4.79 Å². The van der Waals surface area contributed by atoms with Gasteiger partial charge in [-0.25, -0.2) is 0 Å². The van der Waals surface area contributed by atoms with Gasteiger partial charge in [0, 0.05) is 28.5 Å². The fraction of sp³-hybridized carbons (Fsp3) is 0.429. The second kappa shape index (κ2) is 6.70. The molecule has 0 aliphatic heterocycles. The molecule has 5 heteroatoms. The van der Waals surface area contributed by atoms with Crippen LogP contribution in [0.1, 0.15) is 31.1 Å². The van der Waals surface area contributed by atoms with Gasteiger partial charge in [-0.15, -0.1) is 0 Å². The Hall–Kier alpha value is -1.36. The zero-order valence-electron chi connectivity index (χ0n) is 11.4. The standard InChI is InChI=1S/C14H19BrN2O2/c1-14(2,3)13(19)17-8-7-16-12(18)10-5-4-6-11(15)9-10/h4-6,9H,7-8H2,1-3H3,(H,16,18)(H,17,19). The quantitative estimate of drug-likeness (QED) is 0.834. The molecule has 4 nitrogen and oxygen atoms in total. The molecule has 0 saturated carbocycles. The number of amides is 2. The highest BCUT2D eigenvalue weighted by molar-refractivity contribution is 9.10. The van der Waals surface area contributed by atoms with Gasteiger partial charge in [0.1, 0.15) is 0 Å². The maximum atomic E-state index is 11.8. The Morgan fingerprint density at radius 3 is 2.37 bits per heavy atom. The second-order valence-corrected chi connectivity index (χ2v) is 6.19. The van der Waals surface area contributed by atoms with Gasteiger partial charge in [0.2, 0.25) is 5.91 Å². The number of hydrogen-bond donors (Lipinski definition) is 2. The first-order valence-corrected chi connectivity index (χ1v) is 6.92. The molecule has 0 saturated heterocycles. The summed E-state index contributed by atoms with van der Waals surface area (Å²) in [5.74, 6) is -0.171. The van der Waals surface area contributed by atoms with Crippen molar-refractivity contribution in [2.45, 2.75) is 20.8 Å². The number of rotatable bonds is 4. The van der Waals surface area contributed by atoms with Crippen molar-refractivity contribution >= 4 is 27.7 Å². The molecule has 0 unspecified atom stereocenters. The van der Waals surface area contributed by atoms with Crippen LogP contribution in [0.15, 0.2) is 28.7 Å². The predicted octanol–water partition coefficient (Wildman–Crippen LogP) is 2.34. The van der Waals surface area contributed by atoms with Crippen LogP contribution >= 0.6 is 15.9 Å². The minimum absolute atomic E-state index is 0.0239. The molecule has 2 N–H and O–H groups in total. The maximum Gasteiger partial charge on any atom is 0.251 e. The largest absolute Gasteiger partial charge is 0.354 e. The van der Waals surface area contributed by atoms with Crippen LogP contribution in [0, 0.1) is 5.41 Å². The molecule has 0 spiro atoms. The van der Waals surface area contributed by atoms with Gasteiger partial charge < -0.3 is 10.6 Å². The van der Waals surface area contributed by atoms with Gasteiger partial charge in [0.05, 0.1) is 0 Å². The van der Waals surface area contributed by atoms with Gasteiger partial charge in [-0.3, -0.25) is 9.59 Å². The third-order valence-corrected chi connectivity index (χ3v) is 2.96. The van der Waals surface area contributed by atoms with Crippen molar-refractivity contribution < 1.29 is 9.59 Å². The molecule has 1 aromatic rings. The van der Waals surface area contributed by atoms with Gasteiger partial charge in [0.25, 0.3) is 5.91 Å². The van der Waals surface area contributed by atoms with Crippen LogP contribution in [0.25, 0.3) is 0 Å². The molecular weight excluding hydrogens is 308 g/mol. The van der Waals surface area contributed by atoms with Crippen molar-refractivity contribution in [2.75, 3.05) is 13.1 Å². The first kappa shape index (κ1) is 15.7. The molecule has 1 aromatic carbocycles. The van der Waals surface area contributed by atoms with E-state index < -0.39 is 5.41 Å². The molecule has 104 valence electrons. The first-order chi connectivity index (χ1) is 8.80. The maximum absolute atomic E-state index is 11.8. The number of benzene rings is 1. The lowest BCUT2D eigenvalue weighted by Crippen LogP contribution is -2.39. The Balaban J connectivity index is 2.34. The van der Waals surface area contributed by atoms with Crippen LogP contribution in [0.2, 0.25) is 0 Å². The predicted molar refractivity (Wildman–Crippen MR) is 78.9 cm³/mol. The highest BCUT2D eigenvalue weighted by atomic mass is 79.9. The van der Waals surface area contributed by atoms with Crippen LogP contribution in [0.5, 0.6) is 0 Å². The smallest absolute Gasteiger partial charge is 0.251 e. The zero-order chi connectivity index (χ0) is 14.5. The molecular formula is C14H19BrN2O2. The molecule has 19 heavy (non-hydrogen) atoms. The Morgan fingerprint density at radius 1 is 1.16 bits per heavy atom. The van der Waals surface area contributed by atoms with Crippen molar-refractivity contribution in [1.29, 1.82) is 0 Å². The Labute approximate surface area is 122 Å². The molecule has 0 fully saturated rings. The molecule has 0 aromatic heterocycles. The molecule has 0 aliphatic carbocycles. The van der Waals surface area contributed by atoms with E-state index in [9.17, 15) is 9.59 Å². The Bertz CT molecular complexity index is 467. The van der Waals surface area contributed by atoms with E-state index in [2.05, 4.69) is 26.6 Å². The topological polar surface area (TPSA) is 58.2 Å². The molecule has 1 rings (SSSR count). The normalized spacial score (nSPS) is 10.9. The minimum Gasteiger partial charge on any atom is -0.354 e. The number of halogens is 1. The molecule has 0 heterocycles. The van der Waals surface area contributed by atoms with Gasteiger partial charge in [0.15, 0.2) is 0 Å². The SMILES string of the molecule is CC(C)(C)C(=O)NCCNC(=O)c1cccc(Br)c1. The fourth-order valence-corrected chi connectivity index (χ4v) is 1.75. The van der Waals surface area contributed by atoms with Gasteiger partial charge in [-0.1, -0.05) is 42.8 Å². The van der Waals surface area contributed by atoms with Crippen LogP contribution in [0.4, 0.5) is 0 Å². The summed E-state index contributed by atoms with van der Waals surface area (Å²) < 4.78 is 0.862. The van der Waals surface area contributed by atoms with Gasteiger partial charge in [-0.2, -0.15) is 0 Å². The molecule has 0 aliphatic rings. The van der Waals surface area contributed by atoms with Crippen molar-refractivity contribution in [3.05, 3.63) is 34.3 Å². The summed E-state index contributed by atoms with van der Waals surface area (Å²) in [6.07, 6.45) is 0. The molecule has 2 amide bonds.